The van der Waals surface area contributed by atoms with Crippen LogP contribution >= 0.6 is 0 Å². The number of nitrogens with zero attached hydrogens (tertiary/aromatic N) is 4. The fraction of sp³-hybridized carbons (Fsp3) is 0.220. The summed E-state index contributed by atoms with van der Waals surface area (Å²) < 4.78 is 44.2. The maximum absolute atomic E-state index is 13.8. The first-order chi connectivity index (χ1) is 27.9. The van der Waals surface area contributed by atoms with Gasteiger partial charge < -0.3 is 41.2 Å². The van der Waals surface area contributed by atoms with Crippen LogP contribution in [0.5, 0.6) is 0 Å². The molecule has 1 unspecified atom stereocenters. The Labute approximate surface area is 335 Å². The van der Waals surface area contributed by atoms with E-state index in [0.29, 0.717) is 52.7 Å². The number of hydrogen-bond acceptors (Lipinski definition) is 7. The molecule has 59 heavy (non-hydrogen) atoms. The van der Waals surface area contributed by atoms with Crippen LogP contribution in [0, 0.1) is 20.8 Å². The van der Waals surface area contributed by atoms with Crippen LogP contribution in [-0.2, 0) is 15.8 Å². The Morgan fingerprint density at radius 3 is 2.20 bits per heavy atom. The Morgan fingerprint density at radius 2 is 1.61 bits per heavy atom. The molecule has 0 fully saturated rings. The molecule has 3 heterocycles. The molecule has 0 saturated heterocycles. The number of hydrogen-bond donors (Lipinski definition) is 6. The predicted molar refractivity (Wildman–Crippen MR) is 215 cm³/mol. The number of alkyl halides is 3. The number of rotatable bonds is 12. The molecule has 3 aromatic carbocycles. The average Bonchev–Trinajstić information content (AvgIpc) is 3.81. The number of benzene rings is 3. The topological polar surface area (TPSA) is 206 Å². The first-order valence-corrected chi connectivity index (χ1v) is 18.3. The number of carbonyl (C=O) groups excluding carboxylic acids is 4. The molecule has 2 aromatic heterocycles. The number of primary amides is 1. The normalized spacial score (nSPS) is 13.6. The Bertz CT molecular complexity index is 2550. The number of aryl methyl sites for hydroxylation is 1. The molecule has 0 spiro atoms. The molecule has 0 saturated carbocycles. The Hall–Kier alpha value is -7.21. The van der Waals surface area contributed by atoms with Gasteiger partial charge in [0.15, 0.2) is 6.17 Å². The van der Waals surface area contributed by atoms with Crippen molar-refractivity contribution in [3.63, 3.8) is 0 Å². The monoisotopic (exact) mass is 811 g/mol. The minimum atomic E-state index is -4.72. The van der Waals surface area contributed by atoms with Crippen LogP contribution in [0.4, 0.5) is 40.7 Å². The second-order valence-electron chi connectivity index (χ2n) is 13.7. The van der Waals surface area contributed by atoms with Gasteiger partial charge in [-0.15, -0.1) is 0 Å². The zero-order valence-electron chi connectivity index (χ0n) is 32.5. The molecule has 6 rings (SSSR count). The van der Waals surface area contributed by atoms with Crippen molar-refractivity contribution < 1.29 is 42.3 Å². The van der Waals surface area contributed by atoms with Gasteiger partial charge in [0.05, 0.1) is 34.4 Å². The molecule has 1 aliphatic heterocycles. The summed E-state index contributed by atoms with van der Waals surface area (Å²) in [5.74, 6) is -3.22. The third kappa shape index (κ3) is 8.57. The van der Waals surface area contributed by atoms with Crippen LogP contribution in [0.2, 0.25) is 0 Å². The fourth-order valence-corrected chi connectivity index (χ4v) is 7.07. The van der Waals surface area contributed by atoms with Crippen molar-refractivity contribution in [1.29, 1.82) is 0 Å². The van der Waals surface area contributed by atoms with E-state index in [1.54, 1.807) is 37.8 Å². The summed E-state index contributed by atoms with van der Waals surface area (Å²) >= 11 is 0. The summed E-state index contributed by atoms with van der Waals surface area (Å²) in [5.41, 5.74) is 7.91. The van der Waals surface area contributed by atoms with Gasteiger partial charge in [-0.05, 0) is 94.0 Å². The molecule has 18 heteroatoms. The molecule has 0 bridgehead atoms. The van der Waals surface area contributed by atoms with Gasteiger partial charge in [-0.1, -0.05) is 26.0 Å². The van der Waals surface area contributed by atoms with E-state index in [1.165, 1.54) is 64.1 Å². The molecule has 1 aliphatic rings. The molecule has 15 nitrogen and oxygen atoms in total. The third-order valence-electron chi connectivity index (χ3n) is 9.85. The second kappa shape index (κ2) is 16.3. The standard InChI is InChI=1S/C41H40F3N9O6/c1-6-51(7-2)38(35(45)54)53-23(5)34(39(57)58)22(4)33(53)18-31-30-12-11-28(17-32(30)50-37(31)56)49-40(59)48-27-10-8-9-26(16-27)47-36(55)24-13-25(41(42,43)44)15-29(14-24)52-19-21(3)46-20-52/h8-20,38H,6-7H2,1-5H3,(H2,45,54)(H,47,55)(H,50,56)(H,57,58)(H2,48,49,59). The predicted octanol–water partition coefficient (Wildman–Crippen LogP) is 7.03. The van der Waals surface area contributed by atoms with E-state index in [1.807, 2.05) is 13.8 Å². The van der Waals surface area contributed by atoms with Crippen molar-refractivity contribution >= 4 is 64.1 Å². The maximum Gasteiger partial charge on any atom is 0.416 e. The summed E-state index contributed by atoms with van der Waals surface area (Å²) in [5, 5.41) is 20.7. The molecule has 0 aliphatic carbocycles. The van der Waals surface area contributed by atoms with Gasteiger partial charge in [0.25, 0.3) is 17.7 Å². The lowest BCUT2D eigenvalue weighted by Crippen LogP contribution is -2.42. The van der Waals surface area contributed by atoms with E-state index in [-0.39, 0.29) is 33.8 Å². The number of nitrogens with two attached hydrogens (primary N) is 1. The Morgan fingerprint density at radius 1 is 0.949 bits per heavy atom. The van der Waals surface area contributed by atoms with E-state index in [2.05, 4.69) is 26.3 Å². The molecule has 1 atom stereocenters. The smallest absolute Gasteiger partial charge is 0.416 e. The van der Waals surface area contributed by atoms with Crippen LogP contribution < -0.4 is 27.0 Å². The minimum absolute atomic E-state index is 0.0154. The van der Waals surface area contributed by atoms with Crippen molar-refractivity contribution in [1.82, 2.24) is 19.0 Å². The van der Waals surface area contributed by atoms with Crippen LogP contribution in [0.3, 0.4) is 0 Å². The number of nitrogens with one attached hydrogen (secondary N) is 4. The van der Waals surface area contributed by atoms with E-state index in [9.17, 15) is 42.3 Å². The number of carbonyl (C=O) groups is 5. The highest BCUT2D eigenvalue weighted by atomic mass is 19.4. The SMILES string of the molecule is CCN(CC)C(C(N)=O)n1c(C)c(C(=O)O)c(C)c1C=C1C(=O)Nc2cc(NC(=O)Nc3cccc(NC(=O)c4cc(-n5cnc(C)c5)cc(C(F)(F)F)c4)c3)ccc21. The molecule has 5 amide bonds. The van der Waals surface area contributed by atoms with Crippen molar-refractivity contribution in [2.45, 2.75) is 47.0 Å². The van der Waals surface area contributed by atoms with Gasteiger partial charge in [-0.25, -0.2) is 14.6 Å². The Kier molecular flexibility index (Phi) is 11.5. The first kappa shape index (κ1) is 41.4. The minimum Gasteiger partial charge on any atom is -0.478 e. The maximum atomic E-state index is 13.8. The van der Waals surface area contributed by atoms with Crippen LogP contribution in [0.15, 0.2) is 73.2 Å². The van der Waals surface area contributed by atoms with E-state index in [0.717, 1.165) is 12.1 Å². The van der Waals surface area contributed by atoms with Gasteiger partial charge in [-0.3, -0.25) is 19.3 Å². The highest BCUT2D eigenvalue weighted by molar-refractivity contribution is 6.35. The number of anilines is 4. The van der Waals surface area contributed by atoms with E-state index >= 15 is 0 Å². The molecule has 0 radical (unpaired) electrons. The van der Waals surface area contributed by atoms with Gasteiger partial charge in [-0.2, -0.15) is 13.2 Å². The van der Waals surface area contributed by atoms with Gasteiger partial charge in [0, 0.05) is 51.5 Å². The lowest BCUT2D eigenvalue weighted by molar-refractivity contribution is -0.137. The van der Waals surface area contributed by atoms with Crippen LogP contribution in [-0.4, -0.2) is 66.9 Å². The molecule has 7 N–H and O–H groups in total. The van der Waals surface area contributed by atoms with Crippen molar-refractivity contribution in [3.05, 3.63) is 118 Å². The Balaban J connectivity index is 1.20. The molecule has 5 aromatic rings. The molecular weight excluding hydrogens is 772 g/mol. The number of urea groups is 1. The number of likely N-dealkylation sites (N-methyl/N-ethyl adjacent to an activating group) is 1. The lowest BCUT2D eigenvalue weighted by atomic mass is 10.0. The summed E-state index contributed by atoms with van der Waals surface area (Å²) in [6.07, 6.45) is -1.35. The zero-order valence-corrected chi connectivity index (χ0v) is 32.5. The summed E-state index contributed by atoms with van der Waals surface area (Å²) in [6.45, 7) is 9.42. The third-order valence-corrected chi connectivity index (χ3v) is 9.85. The highest BCUT2D eigenvalue weighted by Crippen LogP contribution is 2.38. The van der Waals surface area contributed by atoms with Crippen molar-refractivity contribution in [2.24, 2.45) is 5.73 Å². The summed E-state index contributed by atoms with van der Waals surface area (Å²) in [6, 6.07) is 13.0. The average molecular weight is 812 g/mol. The summed E-state index contributed by atoms with van der Waals surface area (Å²) in [4.78, 5) is 70.6. The van der Waals surface area contributed by atoms with Gasteiger partial charge in [0.2, 0.25) is 0 Å². The largest absolute Gasteiger partial charge is 0.478 e. The van der Waals surface area contributed by atoms with Gasteiger partial charge in [0.1, 0.15) is 0 Å². The van der Waals surface area contributed by atoms with Crippen molar-refractivity contribution in [2.75, 3.05) is 34.4 Å². The molecule has 306 valence electrons. The second-order valence-corrected chi connectivity index (χ2v) is 13.7. The van der Waals surface area contributed by atoms with Crippen LogP contribution in [0.1, 0.15) is 74.5 Å². The quantitative estimate of drug-likeness (QED) is 0.0720. The summed E-state index contributed by atoms with van der Waals surface area (Å²) in [7, 11) is 0. The lowest BCUT2D eigenvalue weighted by Gasteiger charge is -2.30. The van der Waals surface area contributed by atoms with Crippen LogP contribution in [0.25, 0.3) is 17.3 Å². The number of aromatic carboxylic acids is 1. The van der Waals surface area contributed by atoms with Gasteiger partial charge >= 0.3 is 18.2 Å². The number of amides is 5. The molecular formula is C41H40F3N9O6. The number of carboxylic acids is 1. The number of imidazole rings is 1. The van der Waals surface area contributed by atoms with Crippen molar-refractivity contribution in [3.8, 4) is 5.69 Å². The number of halogens is 3. The number of fused-ring (bicyclic) bond motifs is 1. The number of aromatic nitrogens is 3. The van der Waals surface area contributed by atoms with E-state index in [4.69, 9.17) is 5.73 Å². The first-order valence-electron chi connectivity index (χ1n) is 18.3. The fourth-order valence-electron chi connectivity index (χ4n) is 7.07. The zero-order chi connectivity index (χ0) is 42.9. The highest BCUT2D eigenvalue weighted by Gasteiger charge is 2.34. The number of carboxylic acid groups (broad SMARTS) is 1. The van der Waals surface area contributed by atoms with E-state index < -0.39 is 47.6 Å².